The van der Waals surface area contributed by atoms with Gasteiger partial charge in [-0.05, 0) is 49.3 Å². The molecule has 2 rings (SSSR count). The number of carbonyl (C=O) groups is 1. The van der Waals surface area contributed by atoms with Gasteiger partial charge >= 0.3 is 0 Å². The zero-order valence-electron chi connectivity index (χ0n) is 15.0. The van der Waals surface area contributed by atoms with Crippen LogP contribution in [0.5, 0.6) is 11.5 Å². The van der Waals surface area contributed by atoms with E-state index in [2.05, 4.69) is 12.2 Å². The zero-order chi connectivity index (χ0) is 17.4. The molecule has 4 nitrogen and oxygen atoms in total. The maximum absolute atomic E-state index is 12.4. The summed E-state index contributed by atoms with van der Waals surface area (Å²) in [6.07, 6.45) is 9.68. The molecule has 0 atom stereocenters. The Bertz CT molecular complexity index is 522. The van der Waals surface area contributed by atoms with Crippen molar-refractivity contribution in [3.63, 3.8) is 0 Å². The van der Waals surface area contributed by atoms with Crippen LogP contribution in [0.4, 0.5) is 0 Å². The molecule has 1 fully saturated rings. The van der Waals surface area contributed by atoms with Crippen LogP contribution in [0.25, 0.3) is 0 Å². The van der Waals surface area contributed by atoms with E-state index in [1.54, 1.807) is 12.1 Å². The molecule has 1 saturated carbocycles. The van der Waals surface area contributed by atoms with Crippen LogP contribution >= 0.6 is 0 Å². The molecule has 4 heteroatoms. The SMILES string of the molecule is CCCCCC1CCC(C(=O)NCc2ccc(O)c(OC)c2)CC1. The number of benzene rings is 1. The highest BCUT2D eigenvalue weighted by atomic mass is 16.5. The Labute approximate surface area is 145 Å². The number of phenols is 1. The Kier molecular flexibility index (Phi) is 7.41. The van der Waals surface area contributed by atoms with Crippen LogP contribution in [0.15, 0.2) is 18.2 Å². The number of phenolic OH excluding ortho intramolecular Hbond substituents is 1. The van der Waals surface area contributed by atoms with Crippen LogP contribution in [-0.2, 0) is 11.3 Å². The van der Waals surface area contributed by atoms with E-state index in [9.17, 15) is 9.90 Å². The highest BCUT2D eigenvalue weighted by molar-refractivity contribution is 5.78. The first-order chi connectivity index (χ1) is 11.6. The van der Waals surface area contributed by atoms with E-state index in [4.69, 9.17) is 4.74 Å². The minimum Gasteiger partial charge on any atom is -0.504 e. The van der Waals surface area contributed by atoms with Crippen LogP contribution in [0.3, 0.4) is 0 Å². The Morgan fingerprint density at radius 3 is 2.67 bits per heavy atom. The number of nitrogens with one attached hydrogen (secondary N) is 1. The summed E-state index contributed by atoms with van der Waals surface area (Å²) >= 11 is 0. The Hall–Kier alpha value is -1.71. The molecule has 1 aliphatic carbocycles. The molecule has 0 saturated heterocycles. The molecular weight excluding hydrogens is 302 g/mol. The van der Waals surface area contributed by atoms with Crippen LogP contribution in [0.2, 0.25) is 0 Å². The van der Waals surface area contributed by atoms with E-state index < -0.39 is 0 Å². The molecule has 24 heavy (non-hydrogen) atoms. The predicted molar refractivity (Wildman–Crippen MR) is 96.1 cm³/mol. The van der Waals surface area contributed by atoms with Crippen molar-refractivity contribution in [1.82, 2.24) is 5.32 Å². The summed E-state index contributed by atoms with van der Waals surface area (Å²) in [7, 11) is 1.52. The lowest BCUT2D eigenvalue weighted by Crippen LogP contribution is -2.32. The maximum Gasteiger partial charge on any atom is 0.223 e. The van der Waals surface area contributed by atoms with E-state index >= 15 is 0 Å². The fourth-order valence-electron chi connectivity index (χ4n) is 3.56. The summed E-state index contributed by atoms with van der Waals surface area (Å²) in [4.78, 5) is 12.4. The predicted octanol–water partition coefficient (Wildman–Crippen LogP) is 4.40. The van der Waals surface area contributed by atoms with Gasteiger partial charge in [0.25, 0.3) is 0 Å². The number of hydrogen-bond acceptors (Lipinski definition) is 3. The van der Waals surface area contributed by atoms with E-state index in [1.807, 2.05) is 6.07 Å². The van der Waals surface area contributed by atoms with Crippen LogP contribution < -0.4 is 10.1 Å². The van der Waals surface area contributed by atoms with Gasteiger partial charge in [-0.3, -0.25) is 4.79 Å². The van der Waals surface area contributed by atoms with Gasteiger partial charge in [-0.25, -0.2) is 0 Å². The van der Waals surface area contributed by atoms with Crippen LogP contribution in [-0.4, -0.2) is 18.1 Å². The topological polar surface area (TPSA) is 58.6 Å². The molecule has 134 valence electrons. The number of methoxy groups -OCH3 is 1. The van der Waals surface area contributed by atoms with Crippen molar-refractivity contribution in [2.75, 3.05) is 7.11 Å². The van der Waals surface area contributed by atoms with Crippen LogP contribution in [0.1, 0.15) is 63.9 Å². The average Bonchev–Trinajstić information content (AvgIpc) is 2.61. The van der Waals surface area contributed by atoms with Crippen molar-refractivity contribution in [3.05, 3.63) is 23.8 Å². The smallest absolute Gasteiger partial charge is 0.223 e. The third-order valence-electron chi connectivity index (χ3n) is 5.14. The number of amides is 1. The zero-order valence-corrected chi connectivity index (χ0v) is 15.0. The summed E-state index contributed by atoms with van der Waals surface area (Å²) in [6.45, 7) is 2.72. The Morgan fingerprint density at radius 1 is 1.25 bits per heavy atom. The van der Waals surface area contributed by atoms with E-state index in [0.717, 1.165) is 24.3 Å². The minimum atomic E-state index is 0.119. The van der Waals surface area contributed by atoms with Gasteiger partial charge in [-0.15, -0.1) is 0 Å². The number of rotatable bonds is 8. The standard InChI is InChI=1S/C20H31NO3/c1-3-4-5-6-15-7-10-17(11-8-15)20(23)21-14-16-9-12-18(22)19(13-16)24-2/h9,12-13,15,17,22H,3-8,10-11,14H2,1-2H3,(H,21,23). The number of aromatic hydroxyl groups is 1. The summed E-state index contributed by atoms with van der Waals surface area (Å²) in [5.74, 6) is 1.70. The number of ether oxygens (including phenoxy) is 1. The molecule has 0 unspecified atom stereocenters. The first-order valence-electron chi connectivity index (χ1n) is 9.27. The number of hydrogen-bond donors (Lipinski definition) is 2. The second kappa shape index (κ2) is 9.55. The molecular formula is C20H31NO3. The second-order valence-corrected chi connectivity index (χ2v) is 6.94. The first-order valence-corrected chi connectivity index (χ1v) is 9.27. The average molecular weight is 333 g/mol. The van der Waals surface area contributed by atoms with Gasteiger partial charge in [0.15, 0.2) is 11.5 Å². The van der Waals surface area contributed by atoms with E-state index in [-0.39, 0.29) is 17.6 Å². The number of unbranched alkanes of at least 4 members (excludes halogenated alkanes) is 2. The molecule has 0 aliphatic heterocycles. The van der Waals surface area contributed by atoms with Gasteiger partial charge in [-0.1, -0.05) is 38.7 Å². The van der Waals surface area contributed by atoms with Crippen molar-refractivity contribution < 1.29 is 14.6 Å². The summed E-state index contributed by atoms with van der Waals surface area (Å²) in [5.41, 5.74) is 0.936. The molecule has 1 aliphatic rings. The third-order valence-corrected chi connectivity index (χ3v) is 5.14. The van der Waals surface area contributed by atoms with Crippen LogP contribution in [0, 0.1) is 11.8 Å². The fourth-order valence-corrected chi connectivity index (χ4v) is 3.56. The minimum absolute atomic E-state index is 0.119. The largest absolute Gasteiger partial charge is 0.504 e. The molecule has 1 amide bonds. The van der Waals surface area contributed by atoms with Gasteiger partial charge in [-0.2, -0.15) is 0 Å². The highest BCUT2D eigenvalue weighted by Gasteiger charge is 2.25. The summed E-state index contributed by atoms with van der Waals surface area (Å²) in [5, 5.41) is 12.6. The van der Waals surface area contributed by atoms with E-state index in [0.29, 0.717) is 12.3 Å². The van der Waals surface area contributed by atoms with Crippen molar-refractivity contribution in [2.24, 2.45) is 11.8 Å². The molecule has 2 N–H and O–H groups in total. The normalized spacial score (nSPS) is 20.6. The third kappa shape index (κ3) is 5.43. The van der Waals surface area contributed by atoms with Gasteiger partial charge in [0.2, 0.25) is 5.91 Å². The van der Waals surface area contributed by atoms with Crippen molar-refractivity contribution in [3.8, 4) is 11.5 Å². The molecule has 1 aromatic rings. The molecule has 0 heterocycles. The number of carbonyl (C=O) groups excluding carboxylic acids is 1. The molecule has 1 aromatic carbocycles. The van der Waals surface area contributed by atoms with Gasteiger partial charge in [0.1, 0.15) is 0 Å². The second-order valence-electron chi connectivity index (χ2n) is 6.94. The van der Waals surface area contributed by atoms with Gasteiger partial charge in [0, 0.05) is 12.5 Å². The highest BCUT2D eigenvalue weighted by Crippen LogP contribution is 2.32. The quantitative estimate of drug-likeness (QED) is 0.693. The summed E-state index contributed by atoms with van der Waals surface area (Å²) < 4.78 is 5.10. The van der Waals surface area contributed by atoms with Gasteiger partial charge < -0.3 is 15.2 Å². The molecule has 0 aromatic heterocycles. The van der Waals surface area contributed by atoms with Crippen molar-refractivity contribution >= 4 is 5.91 Å². The molecule has 0 radical (unpaired) electrons. The Balaban J connectivity index is 1.74. The van der Waals surface area contributed by atoms with Crippen molar-refractivity contribution in [1.29, 1.82) is 0 Å². The monoisotopic (exact) mass is 333 g/mol. The molecule has 0 spiro atoms. The molecule has 0 bridgehead atoms. The first kappa shape index (κ1) is 18.6. The lowest BCUT2D eigenvalue weighted by molar-refractivity contribution is -0.126. The maximum atomic E-state index is 12.4. The van der Waals surface area contributed by atoms with E-state index in [1.165, 1.54) is 45.6 Å². The lowest BCUT2D eigenvalue weighted by Gasteiger charge is -2.27. The lowest BCUT2D eigenvalue weighted by atomic mass is 9.79. The Morgan fingerprint density at radius 2 is 2.00 bits per heavy atom. The fraction of sp³-hybridized carbons (Fsp3) is 0.650. The van der Waals surface area contributed by atoms with Gasteiger partial charge in [0.05, 0.1) is 7.11 Å². The van der Waals surface area contributed by atoms with Crippen molar-refractivity contribution in [2.45, 2.75) is 64.8 Å². The summed E-state index contributed by atoms with van der Waals surface area (Å²) in [6, 6.07) is 5.17.